The minimum atomic E-state index is -1.03. The molecule has 26 heavy (non-hydrogen) atoms. The first-order chi connectivity index (χ1) is 12.4. The van der Waals surface area contributed by atoms with Gasteiger partial charge in [0, 0.05) is 6.54 Å². The van der Waals surface area contributed by atoms with E-state index in [1.54, 1.807) is 4.90 Å². The Balaban J connectivity index is 2.03. The van der Waals surface area contributed by atoms with Gasteiger partial charge in [-0.05, 0) is 30.4 Å². The summed E-state index contributed by atoms with van der Waals surface area (Å²) in [5.41, 5.74) is 0.813. The third-order valence-electron chi connectivity index (χ3n) is 5.08. The number of carbonyl (C=O) groups excluding carboxylic acids is 2. The Morgan fingerprint density at radius 1 is 1.00 bits per heavy atom. The molecule has 0 spiro atoms. The van der Waals surface area contributed by atoms with Gasteiger partial charge in [-0.25, -0.2) is 0 Å². The van der Waals surface area contributed by atoms with Gasteiger partial charge >= 0.3 is 0 Å². The quantitative estimate of drug-likeness (QED) is 0.897. The highest BCUT2D eigenvalue weighted by Crippen LogP contribution is 2.34. The number of piperazine rings is 1. The molecule has 2 aromatic carbocycles. The maximum atomic E-state index is 13.3. The summed E-state index contributed by atoms with van der Waals surface area (Å²) in [6.45, 7) is 6.37. The van der Waals surface area contributed by atoms with E-state index < -0.39 is 11.6 Å². The van der Waals surface area contributed by atoms with E-state index in [1.807, 2.05) is 67.6 Å². The van der Waals surface area contributed by atoms with Gasteiger partial charge in [-0.15, -0.1) is 0 Å². The van der Waals surface area contributed by atoms with E-state index in [4.69, 9.17) is 0 Å². The average molecular weight is 350 g/mol. The molecule has 1 aliphatic heterocycles. The first-order valence-corrected chi connectivity index (χ1v) is 9.15. The van der Waals surface area contributed by atoms with Crippen molar-refractivity contribution in [2.45, 2.75) is 45.3 Å². The number of hydrogen-bond acceptors (Lipinski definition) is 2. The molecule has 1 aliphatic rings. The van der Waals surface area contributed by atoms with Crippen molar-refractivity contribution in [3.63, 3.8) is 0 Å². The van der Waals surface area contributed by atoms with E-state index in [2.05, 4.69) is 19.2 Å². The molecular weight excluding hydrogens is 324 g/mol. The summed E-state index contributed by atoms with van der Waals surface area (Å²) in [6, 6.07) is 18.9. The maximum Gasteiger partial charge on any atom is 0.251 e. The summed E-state index contributed by atoms with van der Waals surface area (Å²) < 4.78 is 0. The molecule has 1 N–H and O–H groups in total. The van der Waals surface area contributed by atoms with Gasteiger partial charge in [0.2, 0.25) is 5.91 Å². The Hall–Kier alpha value is -2.62. The summed E-state index contributed by atoms with van der Waals surface area (Å²) in [5, 5.41) is 2.97. The number of rotatable bonds is 5. The molecule has 2 atom stereocenters. The molecule has 0 aliphatic carbocycles. The molecule has 2 unspecified atom stereocenters. The van der Waals surface area contributed by atoms with Gasteiger partial charge in [-0.2, -0.15) is 0 Å². The lowest BCUT2D eigenvalue weighted by atomic mass is 9.84. The minimum absolute atomic E-state index is 0.0199. The second-order valence-corrected chi connectivity index (χ2v) is 7.50. The Kier molecular flexibility index (Phi) is 5.12. The molecular formula is C22H26N2O2. The van der Waals surface area contributed by atoms with Crippen molar-refractivity contribution in [1.29, 1.82) is 0 Å². The van der Waals surface area contributed by atoms with Crippen LogP contribution in [0.15, 0.2) is 60.7 Å². The Bertz CT molecular complexity index is 773. The average Bonchev–Trinajstić information content (AvgIpc) is 2.64. The largest absolute Gasteiger partial charge is 0.342 e. The third kappa shape index (κ3) is 3.36. The molecule has 0 radical (unpaired) electrons. The fourth-order valence-electron chi connectivity index (χ4n) is 3.57. The normalized spacial score (nSPS) is 23.2. The minimum Gasteiger partial charge on any atom is -0.342 e. The van der Waals surface area contributed by atoms with Crippen LogP contribution in [0.2, 0.25) is 0 Å². The first-order valence-electron chi connectivity index (χ1n) is 9.15. The lowest BCUT2D eigenvalue weighted by molar-refractivity contribution is -0.158. The van der Waals surface area contributed by atoms with Crippen LogP contribution in [0.5, 0.6) is 0 Å². The first kappa shape index (κ1) is 18.2. The molecule has 2 amide bonds. The standard InChI is InChI=1S/C22H26N2O2/c1-16(2)14-19-20(25)24(15-17-10-6-4-7-11-17)22(3,21(26)23-19)18-12-8-5-9-13-18/h4-13,16,19H,14-15H2,1-3H3,(H,23,26). The summed E-state index contributed by atoms with van der Waals surface area (Å²) >= 11 is 0. The molecule has 4 nitrogen and oxygen atoms in total. The van der Waals surface area contributed by atoms with E-state index in [-0.39, 0.29) is 11.8 Å². The molecule has 3 rings (SSSR count). The smallest absolute Gasteiger partial charge is 0.251 e. The monoisotopic (exact) mass is 350 g/mol. The number of amides is 2. The molecule has 1 saturated heterocycles. The van der Waals surface area contributed by atoms with E-state index >= 15 is 0 Å². The topological polar surface area (TPSA) is 49.4 Å². The van der Waals surface area contributed by atoms with Crippen molar-refractivity contribution < 1.29 is 9.59 Å². The van der Waals surface area contributed by atoms with Crippen molar-refractivity contribution in [2.24, 2.45) is 5.92 Å². The van der Waals surface area contributed by atoms with Crippen LogP contribution in [0.3, 0.4) is 0 Å². The van der Waals surface area contributed by atoms with Gasteiger partial charge in [0.25, 0.3) is 5.91 Å². The van der Waals surface area contributed by atoms with Gasteiger partial charge in [0.05, 0.1) is 0 Å². The summed E-state index contributed by atoms with van der Waals surface area (Å²) in [6.07, 6.45) is 0.640. The number of nitrogens with one attached hydrogen (secondary N) is 1. The van der Waals surface area contributed by atoms with Crippen LogP contribution in [0.25, 0.3) is 0 Å². The van der Waals surface area contributed by atoms with Crippen molar-refractivity contribution in [1.82, 2.24) is 10.2 Å². The summed E-state index contributed by atoms with van der Waals surface area (Å²) in [5.74, 6) is 0.183. The number of benzene rings is 2. The molecule has 4 heteroatoms. The van der Waals surface area contributed by atoms with E-state index in [1.165, 1.54) is 0 Å². The molecule has 2 aromatic rings. The number of nitrogens with zero attached hydrogens (tertiary/aromatic N) is 1. The van der Waals surface area contributed by atoms with Crippen LogP contribution in [0, 0.1) is 5.92 Å². The molecule has 0 bridgehead atoms. The highest BCUT2D eigenvalue weighted by molar-refractivity contribution is 6.00. The van der Waals surface area contributed by atoms with Gasteiger partial charge in [0.1, 0.15) is 11.6 Å². The van der Waals surface area contributed by atoms with Crippen molar-refractivity contribution in [2.75, 3.05) is 0 Å². The molecule has 1 fully saturated rings. The van der Waals surface area contributed by atoms with Crippen molar-refractivity contribution in [3.05, 3.63) is 71.8 Å². The van der Waals surface area contributed by atoms with Crippen LogP contribution in [0.4, 0.5) is 0 Å². The van der Waals surface area contributed by atoms with Crippen LogP contribution in [-0.2, 0) is 21.7 Å². The highest BCUT2D eigenvalue weighted by Gasteiger charge is 2.50. The summed E-state index contributed by atoms with van der Waals surface area (Å²) in [7, 11) is 0. The predicted molar refractivity (Wildman–Crippen MR) is 102 cm³/mol. The van der Waals surface area contributed by atoms with Gasteiger partial charge < -0.3 is 10.2 Å². The molecule has 136 valence electrons. The van der Waals surface area contributed by atoms with Crippen molar-refractivity contribution in [3.8, 4) is 0 Å². The van der Waals surface area contributed by atoms with E-state index in [0.717, 1.165) is 11.1 Å². The number of carbonyl (C=O) groups is 2. The SMILES string of the molecule is CC(C)CC1NC(=O)C(C)(c2ccccc2)N(Cc2ccccc2)C1=O. The van der Waals surface area contributed by atoms with E-state index in [9.17, 15) is 9.59 Å². The molecule has 1 heterocycles. The maximum absolute atomic E-state index is 13.3. The third-order valence-corrected chi connectivity index (χ3v) is 5.08. The zero-order valence-corrected chi connectivity index (χ0v) is 15.6. The van der Waals surface area contributed by atoms with Crippen LogP contribution in [0.1, 0.15) is 38.3 Å². The second-order valence-electron chi connectivity index (χ2n) is 7.50. The van der Waals surface area contributed by atoms with Gasteiger partial charge in [-0.1, -0.05) is 74.5 Å². The predicted octanol–water partition coefficient (Wildman–Crippen LogP) is 3.48. The molecule has 0 saturated carbocycles. The summed E-state index contributed by atoms with van der Waals surface area (Å²) in [4.78, 5) is 28.2. The Labute approximate surface area is 155 Å². The van der Waals surface area contributed by atoms with Crippen molar-refractivity contribution >= 4 is 11.8 Å². The van der Waals surface area contributed by atoms with Crippen LogP contribution in [-0.4, -0.2) is 22.8 Å². The van der Waals surface area contributed by atoms with Crippen LogP contribution < -0.4 is 5.32 Å². The highest BCUT2D eigenvalue weighted by atomic mass is 16.2. The van der Waals surface area contributed by atoms with Gasteiger partial charge in [0.15, 0.2) is 0 Å². The number of hydrogen-bond donors (Lipinski definition) is 1. The van der Waals surface area contributed by atoms with Gasteiger partial charge in [-0.3, -0.25) is 9.59 Å². The lowest BCUT2D eigenvalue weighted by Gasteiger charge is -2.47. The fraction of sp³-hybridized carbons (Fsp3) is 0.364. The zero-order valence-electron chi connectivity index (χ0n) is 15.6. The second kappa shape index (κ2) is 7.32. The molecule has 0 aromatic heterocycles. The fourth-order valence-corrected chi connectivity index (χ4v) is 3.57. The van der Waals surface area contributed by atoms with Crippen LogP contribution >= 0.6 is 0 Å². The lowest BCUT2D eigenvalue weighted by Crippen LogP contribution is -2.67. The Morgan fingerprint density at radius 2 is 1.58 bits per heavy atom. The zero-order chi connectivity index (χ0) is 18.7. The Morgan fingerprint density at radius 3 is 2.15 bits per heavy atom. The van der Waals surface area contributed by atoms with E-state index in [0.29, 0.717) is 18.9 Å².